The summed E-state index contributed by atoms with van der Waals surface area (Å²) in [6, 6.07) is 7.40. The minimum absolute atomic E-state index is 0.0173. The first-order valence-electron chi connectivity index (χ1n) is 15.1. The minimum atomic E-state index is -1.64. The number of para-hydroxylation sites is 1. The van der Waals surface area contributed by atoms with E-state index in [1.807, 2.05) is 31.2 Å². The van der Waals surface area contributed by atoms with Crippen LogP contribution in [0.2, 0.25) is 0 Å². The largest absolute Gasteiger partial charge is 0.496 e. The molecule has 3 heterocycles. The van der Waals surface area contributed by atoms with Crippen molar-refractivity contribution in [2.75, 3.05) is 33.5 Å². The van der Waals surface area contributed by atoms with Gasteiger partial charge in [-0.15, -0.1) is 11.3 Å². The fourth-order valence-electron chi connectivity index (χ4n) is 5.33. The van der Waals surface area contributed by atoms with E-state index in [4.69, 9.17) is 23.7 Å². The van der Waals surface area contributed by atoms with Crippen molar-refractivity contribution >= 4 is 33.5 Å². The number of ether oxygens (including phenoxy) is 5. The van der Waals surface area contributed by atoms with Gasteiger partial charge < -0.3 is 23.7 Å². The highest BCUT2D eigenvalue weighted by Crippen LogP contribution is 2.34. The van der Waals surface area contributed by atoms with Crippen LogP contribution in [0.3, 0.4) is 0 Å². The van der Waals surface area contributed by atoms with Crippen LogP contribution in [0.5, 0.6) is 5.75 Å². The number of nitrogens with zero attached hydrogens (tertiary/aromatic N) is 2. The van der Waals surface area contributed by atoms with Crippen LogP contribution in [0.1, 0.15) is 80.3 Å². The molecule has 1 saturated heterocycles. The van der Waals surface area contributed by atoms with Gasteiger partial charge in [-0.05, 0) is 58.6 Å². The zero-order valence-electron chi connectivity index (χ0n) is 26.3. The van der Waals surface area contributed by atoms with Gasteiger partial charge in [0.15, 0.2) is 0 Å². The monoisotopic (exact) mass is 630 g/mol. The molecule has 1 aliphatic rings. The van der Waals surface area contributed by atoms with Gasteiger partial charge in [-0.1, -0.05) is 31.5 Å². The van der Waals surface area contributed by atoms with E-state index in [1.54, 1.807) is 21.0 Å². The van der Waals surface area contributed by atoms with E-state index in [1.165, 1.54) is 18.4 Å². The Morgan fingerprint density at radius 3 is 2.48 bits per heavy atom. The third-order valence-electron chi connectivity index (χ3n) is 7.82. The Labute approximate surface area is 260 Å². The molecule has 240 valence electrons. The predicted molar refractivity (Wildman–Crippen MR) is 167 cm³/mol. The average molecular weight is 631 g/mol. The molecule has 0 aliphatic carbocycles. The maximum atomic E-state index is 14.4. The standard InChI is InChI=1S/C32H42N2O9S/c1-7-9-16-42-30(37)32(4,5)34-27(35)25-20(3)26(29(36)41-8-2)44-28(25)33(31(34)38)19-24(43-21-14-17-40-18-15-21)22-12-10-11-13-23(22)39-6/h10-13,21,24H,7-9,14-19H2,1-6H3/t24-/m0/s1. The SMILES string of the molecule is CCCCOC(=O)C(C)(C)n1c(=O)c2c(C)c(C(=O)OCC)sc2n(C[C@H](OC2CCOCC2)c2ccccc2OC)c1=O. The van der Waals surface area contributed by atoms with Crippen LogP contribution < -0.4 is 16.0 Å². The number of hydrogen-bond acceptors (Lipinski definition) is 10. The number of aromatic nitrogens is 2. The number of carbonyl (C=O) groups is 2. The lowest BCUT2D eigenvalue weighted by atomic mass is 10.0. The van der Waals surface area contributed by atoms with Gasteiger partial charge in [0.25, 0.3) is 5.56 Å². The molecule has 3 aromatic rings. The zero-order chi connectivity index (χ0) is 32.0. The summed E-state index contributed by atoms with van der Waals surface area (Å²) in [6.07, 6.45) is 2.01. The number of benzene rings is 1. The second-order valence-electron chi connectivity index (χ2n) is 11.2. The number of unbranched alkanes of at least 4 members (excludes halogenated alkanes) is 1. The van der Waals surface area contributed by atoms with Crippen molar-refractivity contribution in [2.24, 2.45) is 0 Å². The molecule has 4 rings (SSSR count). The zero-order valence-corrected chi connectivity index (χ0v) is 27.1. The highest BCUT2D eigenvalue weighted by Gasteiger charge is 2.38. The lowest BCUT2D eigenvalue weighted by molar-refractivity contribution is -0.153. The Hall–Kier alpha value is -3.48. The molecule has 0 bridgehead atoms. The van der Waals surface area contributed by atoms with Gasteiger partial charge in [0, 0.05) is 18.8 Å². The summed E-state index contributed by atoms with van der Waals surface area (Å²) in [5.74, 6) is -0.708. The molecule has 0 amide bonds. The van der Waals surface area contributed by atoms with Crippen LogP contribution in [0.15, 0.2) is 33.9 Å². The van der Waals surface area contributed by atoms with Gasteiger partial charge in [0.2, 0.25) is 0 Å². The van der Waals surface area contributed by atoms with Crippen LogP contribution in [0, 0.1) is 6.92 Å². The predicted octanol–water partition coefficient (Wildman–Crippen LogP) is 4.73. The molecular formula is C32H42N2O9S. The lowest BCUT2D eigenvalue weighted by Crippen LogP contribution is -2.53. The first kappa shape index (κ1) is 33.4. The Bertz CT molecular complexity index is 1600. The van der Waals surface area contributed by atoms with E-state index < -0.39 is 34.8 Å². The second kappa shape index (κ2) is 14.5. The van der Waals surface area contributed by atoms with Crippen LogP contribution >= 0.6 is 11.3 Å². The number of fused-ring (bicyclic) bond motifs is 1. The molecule has 0 N–H and O–H groups in total. The summed E-state index contributed by atoms with van der Waals surface area (Å²) in [5, 5.41) is 0.164. The summed E-state index contributed by atoms with van der Waals surface area (Å²) in [5.41, 5.74) is -1.94. The molecule has 2 aromatic heterocycles. The van der Waals surface area contributed by atoms with Crippen molar-refractivity contribution < 1.29 is 33.3 Å². The number of aryl methyl sites for hydroxylation is 1. The van der Waals surface area contributed by atoms with Crippen molar-refractivity contribution in [1.82, 2.24) is 9.13 Å². The fraction of sp³-hybridized carbons (Fsp3) is 0.562. The van der Waals surface area contributed by atoms with Gasteiger partial charge in [-0.2, -0.15) is 0 Å². The van der Waals surface area contributed by atoms with E-state index in [2.05, 4.69) is 0 Å². The summed E-state index contributed by atoms with van der Waals surface area (Å²) in [7, 11) is 1.57. The molecule has 12 heteroatoms. The van der Waals surface area contributed by atoms with Crippen LogP contribution in [-0.2, 0) is 35.8 Å². The molecule has 1 aromatic carbocycles. The molecule has 0 saturated carbocycles. The number of esters is 2. The normalized spacial score (nSPS) is 14.9. The van der Waals surface area contributed by atoms with Gasteiger partial charge in [-0.3, -0.25) is 9.36 Å². The van der Waals surface area contributed by atoms with Gasteiger partial charge in [-0.25, -0.2) is 19.0 Å². The first-order valence-corrected chi connectivity index (χ1v) is 15.9. The Kier molecular flexibility index (Phi) is 11.0. The summed E-state index contributed by atoms with van der Waals surface area (Å²) in [4.78, 5) is 55.3. The summed E-state index contributed by atoms with van der Waals surface area (Å²) >= 11 is 1.02. The number of rotatable bonds is 13. The molecule has 0 radical (unpaired) electrons. The van der Waals surface area contributed by atoms with Crippen molar-refractivity contribution in [3.8, 4) is 5.75 Å². The minimum Gasteiger partial charge on any atom is -0.496 e. The van der Waals surface area contributed by atoms with Crippen molar-refractivity contribution in [1.29, 1.82) is 0 Å². The summed E-state index contributed by atoms with van der Waals surface area (Å²) < 4.78 is 30.9. The maximum Gasteiger partial charge on any atom is 0.348 e. The van der Waals surface area contributed by atoms with Crippen LogP contribution in [0.25, 0.3) is 10.2 Å². The Morgan fingerprint density at radius 2 is 1.82 bits per heavy atom. The molecule has 1 aliphatic heterocycles. The molecular weight excluding hydrogens is 588 g/mol. The van der Waals surface area contributed by atoms with Crippen LogP contribution in [-0.4, -0.2) is 60.7 Å². The average Bonchev–Trinajstić information content (AvgIpc) is 3.36. The van der Waals surface area contributed by atoms with Crippen molar-refractivity contribution in [2.45, 2.75) is 84.6 Å². The number of hydrogen-bond donors (Lipinski definition) is 0. The fourth-order valence-corrected chi connectivity index (χ4v) is 6.52. The van der Waals surface area contributed by atoms with E-state index in [0.29, 0.717) is 48.6 Å². The van der Waals surface area contributed by atoms with E-state index in [9.17, 15) is 19.2 Å². The topological polar surface area (TPSA) is 124 Å². The molecule has 0 spiro atoms. The molecule has 11 nitrogen and oxygen atoms in total. The maximum absolute atomic E-state index is 14.4. The lowest BCUT2D eigenvalue weighted by Gasteiger charge is -2.30. The molecule has 0 unspecified atom stereocenters. The second-order valence-corrected chi connectivity index (χ2v) is 12.2. The molecule has 1 fully saturated rings. The number of thiophene rings is 1. The van der Waals surface area contributed by atoms with Crippen molar-refractivity contribution in [3.05, 3.63) is 61.1 Å². The van der Waals surface area contributed by atoms with Gasteiger partial charge in [0.05, 0.1) is 38.4 Å². The van der Waals surface area contributed by atoms with E-state index >= 15 is 0 Å². The third-order valence-corrected chi connectivity index (χ3v) is 9.12. The van der Waals surface area contributed by atoms with Gasteiger partial charge in [0.1, 0.15) is 27.1 Å². The Morgan fingerprint density at radius 1 is 1.11 bits per heavy atom. The third kappa shape index (κ3) is 6.77. The number of carbonyl (C=O) groups excluding carboxylic acids is 2. The first-order chi connectivity index (χ1) is 21.1. The quantitative estimate of drug-likeness (QED) is 0.195. The van der Waals surface area contributed by atoms with E-state index in [0.717, 1.165) is 27.9 Å². The summed E-state index contributed by atoms with van der Waals surface area (Å²) in [6.45, 7) is 9.70. The van der Waals surface area contributed by atoms with Crippen molar-refractivity contribution in [3.63, 3.8) is 0 Å². The number of methoxy groups -OCH3 is 1. The molecule has 1 atom stereocenters. The smallest absolute Gasteiger partial charge is 0.348 e. The Balaban J connectivity index is 1.95. The van der Waals surface area contributed by atoms with Gasteiger partial charge >= 0.3 is 17.6 Å². The van der Waals surface area contributed by atoms with E-state index in [-0.39, 0.29) is 36.1 Å². The molecule has 44 heavy (non-hydrogen) atoms. The highest BCUT2D eigenvalue weighted by molar-refractivity contribution is 7.20. The van der Waals surface area contributed by atoms with Crippen LogP contribution in [0.4, 0.5) is 0 Å². The highest BCUT2D eigenvalue weighted by atomic mass is 32.1.